The summed E-state index contributed by atoms with van der Waals surface area (Å²) in [5.74, 6) is 3.42. The van der Waals surface area contributed by atoms with Crippen LogP contribution >= 0.6 is 0 Å². The van der Waals surface area contributed by atoms with E-state index >= 15 is 0 Å². The van der Waals surface area contributed by atoms with Crippen LogP contribution in [0.4, 0.5) is 0 Å². The third-order valence-corrected chi connectivity index (χ3v) is 28.5. The lowest BCUT2D eigenvalue weighted by molar-refractivity contribution is -0.143. The fraction of sp³-hybridized carbons (Fsp3) is 0.325. The Bertz CT molecular complexity index is 6270. The molecule has 3 atom stereocenters. The second kappa shape index (κ2) is 35.2. The first-order chi connectivity index (χ1) is 61.2. The standard InChI is InChI=1S/C120H120O6/c1-13-124-106(121)55-79-37-49-85(50-38-79)91-64-100-94-58-88(82-43-31-76(32-44-82)28-25-73(10)22-16-19-70(4)5)60-96-102-66-92(86-51-39-80(40-52-86)56-107(122)125-14-2)68-104-98-62-90(84-47-35-78(36-48-84)30-27-75(12)24-18-21-72(8)9)63-99-105-69-93(87-53-41-81(42-54-87)57-108(123)126-15-3)67-103-97-61-89(83-45-33-77(34-46-83)29-26-74(11)23-17-20-71(6)7)59-95-101(65-91)112(100)118-115(109(94)96)119(113(102)104)117(111(98)99)120(114(103)105)116(118)110(95)97/h31-54,58-75H,13-30,55-57H2,1-12H3. The van der Waals surface area contributed by atoms with E-state index < -0.39 is 0 Å². The molecular weight excluding hydrogens is 1540 g/mol. The lowest BCUT2D eigenvalue weighted by Gasteiger charge is -2.30. The zero-order chi connectivity index (χ0) is 86.9. The van der Waals surface area contributed by atoms with E-state index in [2.05, 4.69) is 281 Å². The number of carbonyl (C=O) groups is 3. The van der Waals surface area contributed by atoms with Crippen molar-refractivity contribution in [2.75, 3.05) is 19.8 Å². The Labute approximate surface area is 743 Å². The molecule has 0 aliphatic carbocycles. The second-order valence-corrected chi connectivity index (χ2v) is 39.0. The third-order valence-electron chi connectivity index (χ3n) is 28.5. The van der Waals surface area contributed by atoms with Crippen molar-refractivity contribution < 1.29 is 28.6 Å². The topological polar surface area (TPSA) is 78.9 Å². The van der Waals surface area contributed by atoms with Gasteiger partial charge in [0, 0.05) is 0 Å². The summed E-state index contributed by atoms with van der Waals surface area (Å²) < 4.78 is 16.6. The average molecular weight is 1660 g/mol. The van der Waals surface area contributed by atoms with Crippen molar-refractivity contribution in [3.8, 4) is 66.8 Å². The zero-order valence-electron chi connectivity index (χ0n) is 76.0. The summed E-state index contributed by atoms with van der Waals surface area (Å²) in [6.07, 6.45) is 18.6. The van der Waals surface area contributed by atoms with E-state index in [0.717, 1.165) is 106 Å². The van der Waals surface area contributed by atoms with Crippen LogP contribution in [-0.2, 0) is 67.1 Å². The highest BCUT2D eigenvalue weighted by atomic mass is 16.5. The Balaban J connectivity index is 0.945. The molecule has 0 saturated carbocycles. The number of fused-ring (bicyclic) bond motifs is 6. The molecule has 0 aliphatic rings. The molecule has 0 fully saturated rings. The van der Waals surface area contributed by atoms with E-state index in [4.69, 9.17) is 14.2 Å². The third kappa shape index (κ3) is 16.1. The Hall–Kier alpha value is -11.7. The highest BCUT2D eigenvalue weighted by molar-refractivity contribution is 6.61. The summed E-state index contributed by atoms with van der Waals surface area (Å²) in [5, 5.41) is 30.0. The van der Waals surface area contributed by atoms with Gasteiger partial charge in [-0.25, -0.2) is 0 Å². The summed E-state index contributed by atoms with van der Waals surface area (Å²) in [6.45, 7) is 28.0. The quantitative estimate of drug-likeness (QED) is 0.0168. The number of carbonyl (C=O) groups excluding carboxylic acids is 3. The molecule has 19 aromatic carbocycles. The molecule has 19 rings (SSSR count). The number of rotatable bonds is 36. The molecule has 0 amide bonds. The van der Waals surface area contributed by atoms with Crippen LogP contribution in [0.3, 0.4) is 0 Å². The van der Waals surface area contributed by atoms with Crippen molar-refractivity contribution in [1.82, 2.24) is 0 Å². The van der Waals surface area contributed by atoms with Gasteiger partial charge in [0.15, 0.2) is 0 Å². The average Bonchev–Trinajstić information content (AvgIpc) is 0.640. The number of esters is 3. The van der Waals surface area contributed by atoms with Crippen LogP contribution in [0.2, 0.25) is 0 Å². The molecule has 0 bridgehead atoms. The maximum absolute atomic E-state index is 13.2. The summed E-state index contributed by atoms with van der Waals surface area (Å²) in [7, 11) is 0. The predicted octanol–water partition coefficient (Wildman–Crippen LogP) is 32.7. The van der Waals surface area contributed by atoms with Gasteiger partial charge in [0.25, 0.3) is 0 Å². The van der Waals surface area contributed by atoms with Gasteiger partial charge in [-0.2, -0.15) is 0 Å². The smallest absolute Gasteiger partial charge is 0.310 e. The van der Waals surface area contributed by atoms with Crippen molar-refractivity contribution in [3.05, 3.63) is 252 Å². The fourth-order valence-electron chi connectivity index (χ4n) is 21.7. The first kappa shape index (κ1) is 83.8. The summed E-state index contributed by atoms with van der Waals surface area (Å²) in [6, 6.07) is 85.2. The van der Waals surface area contributed by atoms with Crippen LogP contribution in [0, 0.1) is 35.5 Å². The molecule has 0 radical (unpaired) electrons. The Kier molecular flexibility index (Phi) is 23.4. The normalized spacial score (nSPS) is 13.2. The monoisotopic (exact) mass is 1660 g/mol. The van der Waals surface area contributed by atoms with Crippen molar-refractivity contribution in [2.45, 2.75) is 199 Å². The predicted molar refractivity (Wildman–Crippen MR) is 536 cm³/mol. The Morgan fingerprint density at radius 2 is 0.373 bits per heavy atom. The number of benzene rings is 19. The largest absolute Gasteiger partial charge is 0.466 e. The van der Waals surface area contributed by atoms with Gasteiger partial charge in [0.1, 0.15) is 0 Å². The molecule has 0 aromatic heterocycles. The molecule has 126 heavy (non-hydrogen) atoms. The van der Waals surface area contributed by atoms with Crippen LogP contribution in [0.5, 0.6) is 0 Å². The molecule has 6 heteroatoms. The van der Waals surface area contributed by atoms with Crippen LogP contribution < -0.4 is 0 Å². The van der Waals surface area contributed by atoms with E-state index in [0.29, 0.717) is 37.6 Å². The number of ether oxygens (including phenoxy) is 3. The minimum atomic E-state index is -0.232. The van der Waals surface area contributed by atoms with Gasteiger partial charge >= 0.3 is 17.9 Å². The minimum Gasteiger partial charge on any atom is -0.466 e. The lowest BCUT2D eigenvalue weighted by atomic mass is 9.72. The van der Waals surface area contributed by atoms with E-state index in [1.807, 2.05) is 20.8 Å². The van der Waals surface area contributed by atoms with Crippen LogP contribution in [-0.4, -0.2) is 37.7 Å². The Morgan fingerprint density at radius 1 is 0.206 bits per heavy atom. The molecule has 0 N–H and O–H groups in total. The summed E-state index contributed by atoms with van der Waals surface area (Å²) in [4.78, 5) is 39.7. The minimum absolute atomic E-state index is 0.196. The maximum Gasteiger partial charge on any atom is 0.310 e. The first-order valence-electron chi connectivity index (χ1n) is 47.6. The van der Waals surface area contributed by atoms with E-state index in [1.165, 1.54) is 237 Å². The van der Waals surface area contributed by atoms with Crippen molar-refractivity contribution >= 4 is 147 Å². The summed E-state index contributed by atoms with van der Waals surface area (Å²) >= 11 is 0. The molecule has 0 saturated heterocycles. The SMILES string of the molecule is CCOC(=O)Cc1ccc(-c2cc3c4cc(-c5ccc(CCC(C)CCCC(C)C)cc5)cc5c6cc(-c7ccc(CC(=O)OCC)cc7)cc7c8cc(-c9ccc(CCC(C)CCCC(C)C)cc9)cc9c%10cc(-c%11ccc(CC(=O)OCC)cc%11)cc%11c%12cc(-c%13ccc(CCC(C)CCCC(C)C)cc%13)cc%13c(c2)c3c2c(c45)c(c67)c(c89)c(c%11%10)c2c%13%12)cc1. The zero-order valence-corrected chi connectivity index (χ0v) is 76.0. The maximum atomic E-state index is 13.2. The van der Waals surface area contributed by atoms with Crippen LogP contribution in [0.15, 0.2) is 218 Å². The molecule has 636 valence electrons. The fourth-order valence-corrected chi connectivity index (χ4v) is 21.7. The highest BCUT2D eigenvalue weighted by Gasteiger charge is 2.34. The Morgan fingerprint density at radius 3 is 0.532 bits per heavy atom. The van der Waals surface area contributed by atoms with Crippen LogP contribution in [0.25, 0.3) is 196 Å². The molecule has 0 aliphatic heterocycles. The number of aryl methyl sites for hydroxylation is 3. The van der Waals surface area contributed by atoms with Crippen molar-refractivity contribution in [1.29, 1.82) is 0 Å². The highest BCUT2D eigenvalue weighted by Crippen LogP contribution is 2.63. The number of hydrogen-bond acceptors (Lipinski definition) is 6. The van der Waals surface area contributed by atoms with E-state index in [-0.39, 0.29) is 37.2 Å². The van der Waals surface area contributed by atoms with Gasteiger partial charge in [-0.15, -0.1) is 0 Å². The molecular formula is C120H120O6. The van der Waals surface area contributed by atoms with Gasteiger partial charge in [0.2, 0.25) is 0 Å². The van der Waals surface area contributed by atoms with Gasteiger partial charge in [-0.3, -0.25) is 14.4 Å². The first-order valence-corrected chi connectivity index (χ1v) is 47.6. The van der Waals surface area contributed by atoms with Crippen molar-refractivity contribution in [2.24, 2.45) is 35.5 Å². The van der Waals surface area contributed by atoms with Gasteiger partial charge < -0.3 is 14.2 Å². The van der Waals surface area contributed by atoms with Crippen molar-refractivity contribution in [3.63, 3.8) is 0 Å². The second-order valence-electron chi connectivity index (χ2n) is 39.0. The molecule has 0 heterocycles. The van der Waals surface area contributed by atoms with E-state index in [1.54, 1.807) is 0 Å². The van der Waals surface area contributed by atoms with Gasteiger partial charge in [-0.05, 0) is 397 Å². The van der Waals surface area contributed by atoms with E-state index in [9.17, 15) is 14.4 Å². The van der Waals surface area contributed by atoms with Gasteiger partial charge in [0.05, 0.1) is 39.1 Å². The molecule has 19 aromatic rings. The molecule has 3 unspecified atom stereocenters. The molecule has 0 spiro atoms. The summed E-state index contributed by atoms with van der Waals surface area (Å²) in [5.41, 5.74) is 20.4. The number of hydrogen-bond donors (Lipinski definition) is 0. The molecule has 6 nitrogen and oxygen atoms in total. The van der Waals surface area contributed by atoms with Crippen LogP contribution in [0.1, 0.15) is 194 Å². The van der Waals surface area contributed by atoms with Gasteiger partial charge in [-0.1, -0.05) is 266 Å². The lowest BCUT2D eigenvalue weighted by Crippen LogP contribution is -2.07.